The predicted octanol–water partition coefficient (Wildman–Crippen LogP) is 2.57. The quantitative estimate of drug-likeness (QED) is 0.440. The standard InChI is InChI=1S/C17H18FN5O2S2/c1-11(16(24)20-9-14-3-2-8-26-14)27-17-22-21-15(23(17)19)10-25-13-6-4-12(18)5-7-13/h2-8,11H,9-10,19H2,1H3,(H,20,24). The summed E-state index contributed by atoms with van der Waals surface area (Å²) in [5, 5.41) is 12.9. The molecule has 2 aromatic heterocycles. The molecule has 0 aliphatic rings. The minimum atomic E-state index is -0.387. The van der Waals surface area contributed by atoms with Gasteiger partial charge in [0.05, 0.1) is 11.8 Å². The molecular formula is C17H18FN5O2S2. The van der Waals surface area contributed by atoms with Gasteiger partial charge in [0.1, 0.15) is 18.2 Å². The van der Waals surface area contributed by atoms with Crippen LogP contribution in [0.2, 0.25) is 0 Å². The minimum Gasteiger partial charge on any atom is -0.486 e. The van der Waals surface area contributed by atoms with E-state index in [4.69, 9.17) is 10.6 Å². The van der Waals surface area contributed by atoms with E-state index < -0.39 is 0 Å². The Kier molecular flexibility index (Phi) is 6.30. The van der Waals surface area contributed by atoms with Gasteiger partial charge in [-0.15, -0.1) is 21.5 Å². The number of aromatic nitrogens is 3. The summed E-state index contributed by atoms with van der Waals surface area (Å²) in [5.41, 5.74) is 0. The van der Waals surface area contributed by atoms with Gasteiger partial charge in [0, 0.05) is 4.88 Å². The molecule has 3 N–H and O–H groups in total. The zero-order valence-electron chi connectivity index (χ0n) is 14.5. The summed E-state index contributed by atoms with van der Waals surface area (Å²) in [4.78, 5) is 13.3. The van der Waals surface area contributed by atoms with Crippen molar-refractivity contribution >= 4 is 29.0 Å². The topological polar surface area (TPSA) is 95.1 Å². The van der Waals surface area contributed by atoms with Gasteiger partial charge in [-0.3, -0.25) is 4.79 Å². The van der Waals surface area contributed by atoms with E-state index in [1.54, 1.807) is 18.3 Å². The smallest absolute Gasteiger partial charge is 0.233 e. The highest BCUT2D eigenvalue weighted by Crippen LogP contribution is 2.21. The fraction of sp³-hybridized carbons (Fsp3) is 0.235. The Labute approximate surface area is 163 Å². The lowest BCUT2D eigenvalue weighted by molar-refractivity contribution is -0.120. The molecule has 7 nitrogen and oxygen atoms in total. The molecule has 142 valence electrons. The number of thioether (sulfide) groups is 1. The number of carbonyl (C=O) groups excluding carboxylic acids is 1. The monoisotopic (exact) mass is 407 g/mol. The average molecular weight is 407 g/mol. The molecule has 1 aromatic carbocycles. The summed E-state index contributed by atoms with van der Waals surface area (Å²) >= 11 is 2.80. The molecule has 3 aromatic rings. The van der Waals surface area contributed by atoms with Gasteiger partial charge in [-0.05, 0) is 42.6 Å². The number of rotatable bonds is 8. The van der Waals surface area contributed by atoms with E-state index in [1.807, 2.05) is 17.5 Å². The van der Waals surface area contributed by atoms with E-state index in [1.165, 1.54) is 40.7 Å². The van der Waals surface area contributed by atoms with Gasteiger partial charge in [0.25, 0.3) is 0 Å². The van der Waals surface area contributed by atoms with E-state index in [-0.39, 0.29) is 23.6 Å². The molecule has 0 fully saturated rings. The molecule has 1 amide bonds. The van der Waals surface area contributed by atoms with Crippen molar-refractivity contribution in [3.05, 3.63) is 58.3 Å². The number of nitrogens with zero attached hydrogens (tertiary/aromatic N) is 3. The highest BCUT2D eigenvalue weighted by Gasteiger charge is 2.19. The van der Waals surface area contributed by atoms with Gasteiger partial charge in [-0.25, -0.2) is 9.07 Å². The zero-order valence-corrected chi connectivity index (χ0v) is 16.1. The Hall–Kier alpha value is -2.59. The first-order chi connectivity index (χ1) is 13.0. The summed E-state index contributed by atoms with van der Waals surface area (Å²) in [6, 6.07) is 9.55. The Bertz CT molecular complexity index is 883. The van der Waals surface area contributed by atoms with Crippen LogP contribution in [0.3, 0.4) is 0 Å². The Morgan fingerprint density at radius 2 is 2.15 bits per heavy atom. The number of halogens is 1. The molecule has 27 heavy (non-hydrogen) atoms. The van der Waals surface area contributed by atoms with Crippen molar-refractivity contribution < 1.29 is 13.9 Å². The van der Waals surface area contributed by atoms with Crippen molar-refractivity contribution in [2.75, 3.05) is 5.84 Å². The van der Waals surface area contributed by atoms with Crippen LogP contribution in [0, 0.1) is 5.82 Å². The molecule has 1 atom stereocenters. The number of nitrogen functional groups attached to an aromatic ring is 1. The molecule has 3 rings (SSSR count). The van der Waals surface area contributed by atoms with Gasteiger partial charge >= 0.3 is 0 Å². The maximum Gasteiger partial charge on any atom is 0.233 e. The lowest BCUT2D eigenvalue weighted by Crippen LogP contribution is -2.30. The Morgan fingerprint density at radius 3 is 2.85 bits per heavy atom. The van der Waals surface area contributed by atoms with Crippen LogP contribution in [0.5, 0.6) is 5.75 Å². The van der Waals surface area contributed by atoms with Crippen LogP contribution in [-0.4, -0.2) is 26.0 Å². The lowest BCUT2D eigenvalue weighted by atomic mass is 10.3. The molecular weight excluding hydrogens is 389 g/mol. The van der Waals surface area contributed by atoms with Gasteiger partial charge in [-0.2, -0.15) is 0 Å². The normalized spacial score (nSPS) is 11.9. The number of nitrogens with two attached hydrogens (primary N) is 1. The average Bonchev–Trinajstić information content (AvgIpc) is 3.30. The minimum absolute atomic E-state index is 0.0780. The molecule has 0 aliphatic heterocycles. The maximum absolute atomic E-state index is 12.9. The van der Waals surface area contributed by atoms with E-state index in [9.17, 15) is 9.18 Å². The molecule has 2 heterocycles. The van der Waals surface area contributed by atoms with E-state index in [0.29, 0.717) is 23.3 Å². The molecule has 10 heteroatoms. The number of hydrogen-bond acceptors (Lipinski definition) is 7. The van der Waals surface area contributed by atoms with Crippen LogP contribution in [0.4, 0.5) is 4.39 Å². The highest BCUT2D eigenvalue weighted by molar-refractivity contribution is 8.00. The number of amides is 1. The number of carbonyl (C=O) groups is 1. The fourth-order valence-corrected chi connectivity index (χ4v) is 3.57. The second-order valence-corrected chi connectivity index (χ2v) is 7.91. The second-order valence-electron chi connectivity index (χ2n) is 5.57. The number of ether oxygens (including phenoxy) is 1. The summed E-state index contributed by atoms with van der Waals surface area (Å²) < 4.78 is 19.7. The Morgan fingerprint density at radius 1 is 1.37 bits per heavy atom. The predicted molar refractivity (Wildman–Crippen MR) is 102 cm³/mol. The molecule has 0 saturated heterocycles. The van der Waals surface area contributed by atoms with Gasteiger partial charge in [-0.1, -0.05) is 17.8 Å². The first kappa shape index (κ1) is 19.2. The number of benzene rings is 1. The molecule has 0 bridgehead atoms. The zero-order chi connectivity index (χ0) is 19.2. The first-order valence-corrected chi connectivity index (χ1v) is 9.83. The van der Waals surface area contributed by atoms with Crippen LogP contribution >= 0.6 is 23.1 Å². The molecule has 0 spiro atoms. The lowest BCUT2D eigenvalue weighted by Gasteiger charge is -2.11. The van der Waals surface area contributed by atoms with E-state index in [2.05, 4.69) is 15.5 Å². The third-order valence-electron chi connectivity index (χ3n) is 3.59. The highest BCUT2D eigenvalue weighted by atomic mass is 32.2. The summed E-state index contributed by atoms with van der Waals surface area (Å²) in [5.74, 6) is 6.43. The molecule has 1 unspecified atom stereocenters. The first-order valence-electron chi connectivity index (χ1n) is 8.07. The number of thiophene rings is 1. The molecule has 0 radical (unpaired) electrons. The molecule has 0 aliphatic carbocycles. The Balaban J connectivity index is 1.52. The van der Waals surface area contributed by atoms with Crippen molar-refractivity contribution in [1.29, 1.82) is 0 Å². The maximum atomic E-state index is 12.9. The van der Waals surface area contributed by atoms with Crippen molar-refractivity contribution in [3.8, 4) is 5.75 Å². The van der Waals surface area contributed by atoms with Crippen molar-refractivity contribution in [1.82, 2.24) is 20.2 Å². The third kappa shape index (κ3) is 5.20. The second kappa shape index (κ2) is 8.87. The largest absolute Gasteiger partial charge is 0.486 e. The van der Waals surface area contributed by atoms with Crippen molar-refractivity contribution in [2.24, 2.45) is 0 Å². The van der Waals surface area contributed by atoms with Crippen LogP contribution in [-0.2, 0) is 17.9 Å². The van der Waals surface area contributed by atoms with E-state index in [0.717, 1.165) is 4.88 Å². The van der Waals surface area contributed by atoms with Crippen LogP contribution in [0.25, 0.3) is 0 Å². The summed E-state index contributed by atoms with van der Waals surface area (Å²) in [6.45, 7) is 2.35. The summed E-state index contributed by atoms with van der Waals surface area (Å²) in [7, 11) is 0. The fourth-order valence-electron chi connectivity index (χ4n) is 2.11. The van der Waals surface area contributed by atoms with Gasteiger partial charge in [0.2, 0.25) is 11.1 Å². The van der Waals surface area contributed by atoms with Crippen molar-refractivity contribution in [3.63, 3.8) is 0 Å². The summed E-state index contributed by atoms with van der Waals surface area (Å²) in [6.07, 6.45) is 0. The van der Waals surface area contributed by atoms with Gasteiger partial charge in [0.15, 0.2) is 5.82 Å². The van der Waals surface area contributed by atoms with Gasteiger partial charge < -0.3 is 15.9 Å². The molecule has 0 saturated carbocycles. The SMILES string of the molecule is CC(Sc1nnc(COc2ccc(F)cc2)n1N)C(=O)NCc1cccs1. The number of hydrogen-bond donors (Lipinski definition) is 2. The van der Waals surface area contributed by atoms with Crippen molar-refractivity contribution in [2.45, 2.75) is 30.5 Å². The van der Waals surface area contributed by atoms with Crippen LogP contribution in [0.1, 0.15) is 17.6 Å². The van der Waals surface area contributed by atoms with Crippen LogP contribution in [0.15, 0.2) is 46.9 Å². The van der Waals surface area contributed by atoms with E-state index >= 15 is 0 Å². The van der Waals surface area contributed by atoms with Crippen LogP contribution < -0.4 is 15.9 Å². The number of nitrogens with one attached hydrogen (secondary N) is 1. The third-order valence-corrected chi connectivity index (χ3v) is 5.52.